The molecule has 0 amide bonds. The lowest BCUT2D eigenvalue weighted by Gasteiger charge is -2.26. The van der Waals surface area contributed by atoms with Gasteiger partial charge in [-0.3, -0.25) is 0 Å². The van der Waals surface area contributed by atoms with Gasteiger partial charge in [-0.1, -0.05) is 36.2 Å². The van der Waals surface area contributed by atoms with E-state index in [-0.39, 0.29) is 11.4 Å². The molecule has 1 heterocycles. The first-order chi connectivity index (χ1) is 7.27. The molecule has 0 aliphatic heterocycles. The van der Waals surface area contributed by atoms with Crippen LogP contribution >= 0.6 is 23.4 Å². The van der Waals surface area contributed by atoms with Crippen LogP contribution in [0.15, 0.2) is 23.4 Å². The summed E-state index contributed by atoms with van der Waals surface area (Å²) in [6, 6.07) is 3.66. The lowest BCUT2D eigenvalue weighted by atomic mass is 9.97. The van der Waals surface area contributed by atoms with Gasteiger partial charge in [0.2, 0.25) is 0 Å². The molecule has 4 heteroatoms. The van der Waals surface area contributed by atoms with E-state index in [0.717, 1.165) is 24.3 Å². The van der Waals surface area contributed by atoms with Crippen molar-refractivity contribution in [1.29, 1.82) is 0 Å². The molecule has 2 atom stereocenters. The van der Waals surface area contributed by atoms with Gasteiger partial charge in [0.25, 0.3) is 0 Å². The number of aliphatic hydroxyl groups is 1. The van der Waals surface area contributed by atoms with Crippen molar-refractivity contribution >= 4 is 23.4 Å². The predicted octanol–water partition coefficient (Wildman–Crippen LogP) is 3.13. The summed E-state index contributed by atoms with van der Waals surface area (Å²) < 4.78 is 0. The third-order valence-electron chi connectivity index (χ3n) is 2.66. The number of hydrogen-bond donors (Lipinski definition) is 1. The van der Waals surface area contributed by atoms with Gasteiger partial charge < -0.3 is 5.11 Å². The summed E-state index contributed by atoms with van der Waals surface area (Å²) in [6.07, 6.45) is 5.82. The second kappa shape index (κ2) is 5.19. The van der Waals surface area contributed by atoms with Crippen molar-refractivity contribution in [3.8, 4) is 0 Å². The van der Waals surface area contributed by atoms with Crippen LogP contribution in [-0.4, -0.2) is 21.4 Å². The highest BCUT2D eigenvalue weighted by atomic mass is 35.5. The van der Waals surface area contributed by atoms with Crippen LogP contribution in [0.1, 0.15) is 25.7 Å². The normalized spacial score (nSPS) is 26.5. The molecule has 1 fully saturated rings. The summed E-state index contributed by atoms with van der Waals surface area (Å²) in [5.41, 5.74) is 0. The Morgan fingerprint density at radius 1 is 1.40 bits per heavy atom. The van der Waals surface area contributed by atoms with Gasteiger partial charge in [-0.2, -0.15) is 0 Å². The predicted molar refractivity (Wildman–Crippen MR) is 63.4 cm³/mol. The molecule has 1 aliphatic rings. The maximum absolute atomic E-state index is 9.83. The Morgan fingerprint density at radius 3 is 2.93 bits per heavy atom. The Morgan fingerprint density at radius 2 is 2.20 bits per heavy atom. The van der Waals surface area contributed by atoms with Crippen molar-refractivity contribution in [2.24, 2.45) is 0 Å². The SMILES string of the molecule is O[C@H]1CCCC[C@@H]1Sc1ncccc1Cl. The molecule has 1 saturated carbocycles. The Balaban J connectivity index is 2.04. The maximum Gasteiger partial charge on any atom is 0.115 e. The molecule has 0 aromatic carbocycles. The highest BCUT2D eigenvalue weighted by Gasteiger charge is 2.24. The first-order valence-electron chi connectivity index (χ1n) is 5.22. The highest BCUT2D eigenvalue weighted by molar-refractivity contribution is 8.00. The van der Waals surface area contributed by atoms with Gasteiger partial charge in [-0.05, 0) is 25.0 Å². The standard InChI is InChI=1S/C11H14ClNOS/c12-8-4-3-7-13-11(8)15-10-6-2-1-5-9(10)14/h3-4,7,9-10,14H,1-2,5-6H2/t9-,10-/m0/s1. The molecule has 2 rings (SSSR count). The summed E-state index contributed by atoms with van der Waals surface area (Å²) in [7, 11) is 0. The van der Waals surface area contributed by atoms with Crippen molar-refractivity contribution in [1.82, 2.24) is 4.98 Å². The van der Waals surface area contributed by atoms with Crippen LogP contribution in [0.3, 0.4) is 0 Å². The van der Waals surface area contributed by atoms with E-state index in [2.05, 4.69) is 4.98 Å². The van der Waals surface area contributed by atoms with Crippen LogP contribution in [0.4, 0.5) is 0 Å². The molecule has 2 nitrogen and oxygen atoms in total. The third-order valence-corrected chi connectivity index (χ3v) is 4.47. The number of aromatic nitrogens is 1. The fourth-order valence-electron chi connectivity index (χ4n) is 1.82. The van der Waals surface area contributed by atoms with Crippen molar-refractivity contribution in [3.05, 3.63) is 23.4 Å². The third kappa shape index (κ3) is 2.86. The van der Waals surface area contributed by atoms with Gasteiger partial charge in [0, 0.05) is 11.4 Å². The van der Waals surface area contributed by atoms with E-state index in [1.54, 1.807) is 18.0 Å². The number of rotatable bonds is 2. The van der Waals surface area contributed by atoms with Crippen molar-refractivity contribution in [2.75, 3.05) is 0 Å². The van der Waals surface area contributed by atoms with Crippen molar-refractivity contribution < 1.29 is 5.11 Å². The highest BCUT2D eigenvalue weighted by Crippen LogP contribution is 2.35. The minimum Gasteiger partial charge on any atom is -0.392 e. The molecule has 0 radical (unpaired) electrons. The molecule has 1 aliphatic carbocycles. The van der Waals surface area contributed by atoms with Gasteiger partial charge in [-0.15, -0.1) is 0 Å². The molecular formula is C11H14ClNOS. The average molecular weight is 244 g/mol. The van der Waals surface area contributed by atoms with Gasteiger partial charge in [0.05, 0.1) is 11.1 Å². The second-order valence-corrected chi connectivity index (χ2v) is 5.43. The molecule has 0 unspecified atom stereocenters. The van der Waals surface area contributed by atoms with Gasteiger partial charge in [-0.25, -0.2) is 4.98 Å². The zero-order valence-corrected chi connectivity index (χ0v) is 9.97. The van der Waals surface area contributed by atoms with Crippen LogP contribution in [0.2, 0.25) is 5.02 Å². The molecular weight excluding hydrogens is 230 g/mol. The fraction of sp³-hybridized carbons (Fsp3) is 0.545. The van der Waals surface area contributed by atoms with E-state index in [9.17, 15) is 5.11 Å². The Bertz CT molecular complexity index is 334. The largest absolute Gasteiger partial charge is 0.392 e. The lowest BCUT2D eigenvalue weighted by Crippen LogP contribution is -2.26. The molecule has 15 heavy (non-hydrogen) atoms. The van der Waals surface area contributed by atoms with Crippen LogP contribution < -0.4 is 0 Å². The molecule has 1 N–H and O–H groups in total. The summed E-state index contributed by atoms with van der Waals surface area (Å²) in [4.78, 5) is 4.23. The van der Waals surface area contributed by atoms with Crippen LogP contribution in [0.5, 0.6) is 0 Å². The number of halogens is 1. The summed E-state index contributed by atoms with van der Waals surface area (Å²) in [5, 5.41) is 11.6. The number of nitrogens with zero attached hydrogens (tertiary/aromatic N) is 1. The molecule has 0 spiro atoms. The Kier molecular flexibility index (Phi) is 3.89. The van der Waals surface area contributed by atoms with E-state index >= 15 is 0 Å². The average Bonchev–Trinajstić information content (AvgIpc) is 2.24. The zero-order chi connectivity index (χ0) is 10.7. The molecule has 1 aromatic heterocycles. The maximum atomic E-state index is 9.83. The second-order valence-electron chi connectivity index (χ2n) is 3.80. The summed E-state index contributed by atoms with van der Waals surface area (Å²) in [6.45, 7) is 0. The Labute approximate surface area is 99.1 Å². The lowest BCUT2D eigenvalue weighted by molar-refractivity contribution is 0.137. The van der Waals surface area contributed by atoms with E-state index in [1.165, 1.54) is 6.42 Å². The van der Waals surface area contributed by atoms with Crippen LogP contribution in [-0.2, 0) is 0 Å². The van der Waals surface area contributed by atoms with Crippen LogP contribution in [0, 0.1) is 0 Å². The van der Waals surface area contributed by atoms with Crippen molar-refractivity contribution in [3.63, 3.8) is 0 Å². The van der Waals surface area contributed by atoms with Gasteiger partial charge in [0.15, 0.2) is 0 Å². The van der Waals surface area contributed by atoms with E-state index in [0.29, 0.717) is 5.02 Å². The summed E-state index contributed by atoms with van der Waals surface area (Å²) in [5.74, 6) is 0. The first kappa shape index (κ1) is 11.2. The van der Waals surface area contributed by atoms with Crippen LogP contribution in [0.25, 0.3) is 0 Å². The molecule has 0 saturated heterocycles. The number of pyridine rings is 1. The zero-order valence-electron chi connectivity index (χ0n) is 8.40. The molecule has 1 aromatic rings. The topological polar surface area (TPSA) is 33.1 Å². The smallest absolute Gasteiger partial charge is 0.115 e. The monoisotopic (exact) mass is 243 g/mol. The summed E-state index contributed by atoms with van der Waals surface area (Å²) >= 11 is 7.63. The van der Waals surface area contributed by atoms with E-state index in [1.807, 2.05) is 12.1 Å². The number of thioether (sulfide) groups is 1. The van der Waals surface area contributed by atoms with Gasteiger partial charge >= 0.3 is 0 Å². The van der Waals surface area contributed by atoms with Crippen molar-refractivity contribution in [2.45, 2.75) is 42.1 Å². The fourth-order valence-corrected chi connectivity index (χ4v) is 3.24. The quantitative estimate of drug-likeness (QED) is 0.867. The minimum absolute atomic E-state index is 0.207. The minimum atomic E-state index is -0.207. The molecule has 0 bridgehead atoms. The Hall–Kier alpha value is -0.250. The first-order valence-corrected chi connectivity index (χ1v) is 6.48. The molecule has 82 valence electrons. The van der Waals surface area contributed by atoms with Gasteiger partial charge in [0.1, 0.15) is 5.03 Å². The van der Waals surface area contributed by atoms with E-state index < -0.39 is 0 Å². The van der Waals surface area contributed by atoms with E-state index in [4.69, 9.17) is 11.6 Å². The number of aliphatic hydroxyl groups excluding tert-OH is 1. The number of hydrogen-bond acceptors (Lipinski definition) is 3.